The maximum Gasteiger partial charge on any atom is 0.255 e. The average Bonchev–Trinajstić information content (AvgIpc) is 2.93. The summed E-state index contributed by atoms with van der Waals surface area (Å²) in [5, 5.41) is 16.2. The summed E-state index contributed by atoms with van der Waals surface area (Å²) in [6.07, 6.45) is 4.83. The van der Waals surface area contributed by atoms with E-state index in [2.05, 4.69) is 10.6 Å². The zero-order valence-electron chi connectivity index (χ0n) is 14.5. The normalized spacial score (nSPS) is 28.7. The molecule has 138 valence electrons. The molecule has 3 N–H and O–H groups in total. The number of nitrogens with one attached hydrogen (secondary N) is 2. The number of carbonyl (C=O) groups is 2. The van der Waals surface area contributed by atoms with Crippen molar-refractivity contribution in [1.29, 1.82) is 0 Å². The van der Waals surface area contributed by atoms with Crippen molar-refractivity contribution in [1.82, 2.24) is 10.2 Å². The minimum Gasteiger partial charge on any atom is -0.391 e. The summed E-state index contributed by atoms with van der Waals surface area (Å²) in [6, 6.07) is 5.27. The number of amides is 2. The molecule has 3 unspecified atom stereocenters. The molecular formula is C19H23N3O3S. The number of nitrogens with zero attached hydrogens (tertiary/aromatic N) is 1. The number of hydrogen-bond acceptors (Lipinski definition) is 5. The number of fused-ring (bicyclic) bond motifs is 1. The second-order valence-electron chi connectivity index (χ2n) is 7.37. The van der Waals surface area contributed by atoms with Gasteiger partial charge in [0.05, 0.1) is 17.1 Å². The molecule has 0 bridgehead atoms. The highest BCUT2D eigenvalue weighted by Crippen LogP contribution is 2.30. The van der Waals surface area contributed by atoms with E-state index in [4.69, 9.17) is 12.2 Å². The minimum atomic E-state index is -0.460. The van der Waals surface area contributed by atoms with Gasteiger partial charge in [-0.1, -0.05) is 25.1 Å². The Morgan fingerprint density at radius 2 is 2.00 bits per heavy atom. The zero-order chi connectivity index (χ0) is 18.3. The van der Waals surface area contributed by atoms with Crippen LogP contribution in [0, 0.1) is 0 Å². The molecule has 1 saturated carbocycles. The lowest BCUT2D eigenvalue weighted by atomic mass is 9.92. The fourth-order valence-corrected chi connectivity index (χ4v) is 4.38. The SMILES string of the molecule is O=C1NC(=S)CCC1N1Cc2cc(NC3CCCCC3O)ccc2C1=O. The van der Waals surface area contributed by atoms with Crippen LogP contribution < -0.4 is 10.6 Å². The standard InChI is InChI=1S/C19H23N3O3S/c23-16-4-2-1-3-14(16)20-12-5-6-13-11(9-12)10-22(19(13)25)15-7-8-17(26)21-18(15)24/h5-6,9,14-16,20,23H,1-4,7-8,10H2,(H,21,24,26). The molecule has 0 radical (unpaired) electrons. The van der Waals surface area contributed by atoms with Crippen molar-refractivity contribution < 1.29 is 14.7 Å². The zero-order valence-corrected chi connectivity index (χ0v) is 15.3. The molecule has 1 saturated heterocycles. The van der Waals surface area contributed by atoms with E-state index in [-0.39, 0.29) is 24.0 Å². The molecule has 1 aromatic carbocycles. The predicted octanol–water partition coefficient (Wildman–Crippen LogP) is 1.96. The predicted molar refractivity (Wildman–Crippen MR) is 102 cm³/mol. The van der Waals surface area contributed by atoms with Crippen molar-refractivity contribution >= 4 is 34.7 Å². The molecule has 2 amide bonds. The maximum absolute atomic E-state index is 12.7. The summed E-state index contributed by atoms with van der Waals surface area (Å²) >= 11 is 5.05. The highest BCUT2D eigenvalue weighted by molar-refractivity contribution is 7.80. The second kappa shape index (κ2) is 6.96. The first-order valence-corrected chi connectivity index (χ1v) is 9.66. The van der Waals surface area contributed by atoms with Crippen LogP contribution in [0.1, 0.15) is 54.4 Å². The van der Waals surface area contributed by atoms with Crippen LogP contribution >= 0.6 is 12.2 Å². The van der Waals surface area contributed by atoms with E-state index in [1.807, 2.05) is 18.2 Å². The van der Waals surface area contributed by atoms with Gasteiger partial charge in [-0.2, -0.15) is 0 Å². The number of thiocarbonyl (C=S) groups is 1. The Morgan fingerprint density at radius 3 is 2.77 bits per heavy atom. The first-order chi connectivity index (χ1) is 12.5. The fraction of sp³-hybridized carbons (Fsp3) is 0.526. The van der Waals surface area contributed by atoms with Gasteiger partial charge in [0.15, 0.2) is 0 Å². The number of carbonyl (C=O) groups excluding carboxylic acids is 2. The van der Waals surface area contributed by atoms with Crippen LogP contribution in [0.2, 0.25) is 0 Å². The molecule has 26 heavy (non-hydrogen) atoms. The Hall–Kier alpha value is -1.99. The van der Waals surface area contributed by atoms with Crippen LogP contribution in [0.15, 0.2) is 18.2 Å². The lowest BCUT2D eigenvalue weighted by molar-refractivity contribution is -0.125. The second-order valence-corrected chi connectivity index (χ2v) is 7.87. The number of aliphatic hydroxyl groups is 1. The van der Waals surface area contributed by atoms with Gasteiger partial charge in [-0.3, -0.25) is 9.59 Å². The summed E-state index contributed by atoms with van der Waals surface area (Å²) in [5.74, 6) is -0.289. The maximum atomic E-state index is 12.7. The average molecular weight is 373 g/mol. The number of hydrogen-bond donors (Lipinski definition) is 3. The first kappa shape index (κ1) is 17.4. The Labute approximate surface area is 157 Å². The summed E-state index contributed by atoms with van der Waals surface area (Å²) in [6.45, 7) is 0.432. The topological polar surface area (TPSA) is 81.7 Å². The van der Waals surface area contributed by atoms with Gasteiger partial charge in [0.2, 0.25) is 5.91 Å². The van der Waals surface area contributed by atoms with Gasteiger partial charge in [-0.25, -0.2) is 0 Å². The number of benzene rings is 1. The molecule has 3 atom stereocenters. The van der Waals surface area contributed by atoms with E-state index < -0.39 is 6.04 Å². The summed E-state index contributed by atoms with van der Waals surface area (Å²) in [7, 11) is 0. The van der Waals surface area contributed by atoms with Crippen molar-refractivity contribution in [2.75, 3.05) is 5.32 Å². The van der Waals surface area contributed by atoms with Crippen molar-refractivity contribution in [3.63, 3.8) is 0 Å². The van der Waals surface area contributed by atoms with Gasteiger partial charge in [0, 0.05) is 24.2 Å². The molecule has 2 fully saturated rings. The van der Waals surface area contributed by atoms with Gasteiger partial charge >= 0.3 is 0 Å². The van der Waals surface area contributed by atoms with Gasteiger partial charge in [0.25, 0.3) is 5.91 Å². The van der Waals surface area contributed by atoms with Crippen molar-refractivity contribution in [2.45, 2.75) is 63.3 Å². The number of piperidine rings is 1. The van der Waals surface area contributed by atoms with Crippen LogP contribution in [0.25, 0.3) is 0 Å². The highest BCUT2D eigenvalue weighted by atomic mass is 32.1. The van der Waals surface area contributed by atoms with Gasteiger partial charge in [-0.05, 0) is 43.0 Å². The van der Waals surface area contributed by atoms with Gasteiger partial charge in [0.1, 0.15) is 6.04 Å². The molecular weight excluding hydrogens is 350 g/mol. The third-order valence-corrected chi connectivity index (χ3v) is 5.91. The molecule has 1 aromatic rings. The third-order valence-electron chi connectivity index (χ3n) is 5.61. The van der Waals surface area contributed by atoms with E-state index in [9.17, 15) is 14.7 Å². The molecule has 0 aromatic heterocycles. The minimum absolute atomic E-state index is 0.0557. The molecule has 2 heterocycles. The van der Waals surface area contributed by atoms with Gasteiger partial charge in [-0.15, -0.1) is 0 Å². The van der Waals surface area contributed by atoms with Gasteiger partial charge < -0.3 is 20.6 Å². The third kappa shape index (κ3) is 3.21. The van der Waals surface area contributed by atoms with Crippen LogP contribution in [-0.4, -0.2) is 45.0 Å². The molecule has 4 rings (SSSR count). The smallest absolute Gasteiger partial charge is 0.255 e. The van der Waals surface area contributed by atoms with E-state index in [0.29, 0.717) is 29.9 Å². The summed E-state index contributed by atoms with van der Waals surface area (Å²) in [5.41, 5.74) is 2.49. The highest BCUT2D eigenvalue weighted by Gasteiger charge is 2.38. The van der Waals surface area contributed by atoms with Crippen molar-refractivity contribution in [3.05, 3.63) is 29.3 Å². The Bertz CT molecular complexity index is 766. The number of aliphatic hydroxyl groups excluding tert-OH is 1. The van der Waals surface area contributed by atoms with E-state index >= 15 is 0 Å². The van der Waals surface area contributed by atoms with Crippen molar-refractivity contribution in [2.24, 2.45) is 0 Å². The number of rotatable bonds is 3. The molecule has 6 nitrogen and oxygen atoms in total. The lowest BCUT2D eigenvalue weighted by Gasteiger charge is -2.30. The molecule has 0 spiro atoms. The molecule has 1 aliphatic carbocycles. The molecule has 7 heteroatoms. The van der Waals surface area contributed by atoms with Crippen LogP contribution in [0.5, 0.6) is 0 Å². The Morgan fingerprint density at radius 1 is 1.19 bits per heavy atom. The molecule has 2 aliphatic heterocycles. The first-order valence-electron chi connectivity index (χ1n) is 9.25. The van der Waals surface area contributed by atoms with Crippen LogP contribution in [-0.2, 0) is 11.3 Å². The van der Waals surface area contributed by atoms with Crippen LogP contribution in [0.4, 0.5) is 5.69 Å². The summed E-state index contributed by atoms with van der Waals surface area (Å²) in [4.78, 5) is 27.1. The lowest BCUT2D eigenvalue weighted by Crippen LogP contribution is -2.52. The monoisotopic (exact) mass is 373 g/mol. The number of anilines is 1. The Balaban J connectivity index is 1.49. The largest absolute Gasteiger partial charge is 0.391 e. The van der Waals surface area contributed by atoms with Crippen molar-refractivity contribution in [3.8, 4) is 0 Å². The Kier molecular flexibility index (Phi) is 4.67. The van der Waals surface area contributed by atoms with E-state index in [1.54, 1.807) is 4.90 Å². The fourth-order valence-electron chi connectivity index (χ4n) is 4.16. The molecule has 3 aliphatic rings. The van der Waals surface area contributed by atoms with E-state index in [1.165, 1.54) is 0 Å². The van der Waals surface area contributed by atoms with E-state index in [0.717, 1.165) is 36.9 Å². The summed E-state index contributed by atoms with van der Waals surface area (Å²) < 4.78 is 0. The van der Waals surface area contributed by atoms with Crippen LogP contribution in [0.3, 0.4) is 0 Å². The quantitative estimate of drug-likeness (QED) is 0.706.